The van der Waals surface area contributed by atoms with Gasteiger partial charge in [-0.1, -0.05) is 0 Å². The summed E-state index contributed by atoms with van der Waals surface area (Å²) < 4.78 is 2.24. The van der Waals surface area contributed by atoms with Crippen molar-refractivity contribution in [1.82, 2.24) is 14.9 Å². The van der Waals surface area contributed by atoms with E-state index >= 15 is 0 Å². The molecule has 0 aromatic carbocycles. The van der Waals surface area contributed by atoms with Crippen LogP contribution in [0.15, 0.2) is 12.5 Å². The average Bonchev–Trinajstić information content (AvgIpc) is 2.98. The van der Waals surface area contributed by atoms with Gasteiger partial charge in [0.2, 0.25) is 5.91 Å². The van der Waals surface area contributed by atoms with E-state index < -0.39 is 0 Å². The number of aromatic nitrogens is 2. The smallest absolute Gasteiger partial charge is 0.217 e. The third-order valence-corrected chi connectivity index (χ3v) is 2.77. The average molecular weight is 222 g/mol. The molecule has 0 spiro atoms. The first kappa shape index (κ1) is 11.1. The Morgan fingerprint density at radius 2 is 2.44 bits per heavy atom. The van der Waals surface area contributed by atoms with Crippen LogP contribution in [0.4, 0.5) is 0 Å². The van der Waals surface area contributed by atoms with Crippen molar-refractivity contribution in [3.63, 3.8) is 0 Å². The Balaban J connectivity index is 1.68. The second-order valence-electron chi connectivity index (χ2n) is 4.27. The molecule has 1 heterocycles. The molecule has 1 amide bonds. The molecule has 0 radical (unpaired) electrons. The minimum atomic E-state index is -0.232. The fourth-order valence-corrected chi connectivity index (χ4v) is 1.75. The molecule has 88 valence electrons. The van der Waals surface area contributed by atoms with Crippen molar-refractivity contribution in [2.45, 2.75) is 38.3 Å². The Hall–Kier alpha value is -1.36. The second kappa shape index (κ2) is 5.12. The number of carbonyl (C=O) groups excluding carboxylic acids is 1. The van der Waals surface area contributed by atoms with Crippen LogP contribution < -0.4 is 11.1 Å². The predicted octanol–water partition coefficient (Wildman–Crippen LogP) is 0.573. The highest BCUT2D eigenvalue weighted by Crippen LogP contribution is 2.35. The molecular weight excluding hydrogens is 204 g/mol. The lowest BCUT2D eigenvalue weighted by atomic mass is 10.3. The van der Waals surface area contributed by atoms with Crippen LogP contribution in [0.2, 0.25) is 0 Å². The summed E-state index contributed by atoms with van der Waals surface area (Å²) in [6.45, 7) is 1.63. The molecule has 0 unspecified atom stereocenters. The summed E-state index contributed by atoms with van der Waals surface area (Å²) in [5, 5.41) is 3.30. The number of primary amides is 1. The van der Waals surface area contributed by atoms with Gasteiger partial charge in [-0.3, -0.25) is 4.79 Å². The van der Waals surface area contributed by atoms with E-state index in [1.165, 1.54) is 18.5 Å². The molecule has 0 aliphatic heterocycles. The Labute approximate surface area is 95.0 Å². The summed E-state index contributed by atoms with van der Waals surface area (Å²) >= 11 is 0. The minimum absolute atomic E-state index is 0.232. The Kier molecular flexibility index (Phi) is 3.56. The van der Waals surface area contributed by atoms with Gasteiger partial charge in [-0.05, 0) is 25.8 Å². The fraction of sp³-hybridized carbons (Fsp3) is 0.636. The largest absolute Gasteiger partial charge is 0.370 e. The van der Waals surface area contributed by atoms with Gasteiger partial charge in [-0.2, -0.15) is 0 Å². The van der Waals surface area contributed by atoms with Crippen molar-refractivity contribution in [3.8, 4) is 0 Å². The summed E-state index contributed by atoms with van der Waals surface area (Å²) in [6, 6.07) is 0.671. The first-order chi connectivity index (χ1) is 7.77. The number of hydrogen-bond donors (Lipinski definition) is 2. The summed E-state index contributed by atoms with van der Waals surface area (Å²) in [5.41, 5.74) is 6.28. The first-order valence-corrected chi connectivity index (χ1v) is 5.77. The Morgan fingerprint density at radius 3 is 3.12 bits per heavy atom. The summed E-state index contributed by atoms with van der Waals surface area (Å²) in [6.07, 6.45) is 7.59. The molecule has 1 aromatic rings. The van der Waals surface area contributed by atoms with Crippen LogP contribution in [-0.4, -0.2) is 22.0 Å². The molecule has 5 nitrogen and oxygen atoms in total. The van der Waals surface area contributed by atoms with Gasteiger partial charge < -0.3 is 15.6 Å². The van der Waals surface area contributed by atoms with Crippen molar-refractivity contribution in [2.24, 2.45) is 5.73 Å². The van der Waals surface area contributed by atoms with Crippen LogP contribution in [0.5, 0.6) is 0 Å². The number of nitrogens with zero attached hydrogens (tertiary/aromatic N) is 2. The Morgan fingerprint density at radius 1 is 1.62 bits per heavy atom. The number of hydrogen-bond acceptors (Lipinski definition) is 3. The van der Waals surface area contributed by atoms with Gasteiger partial charge >= 0.3 is 0 Å². The normalized spacial score (nSPS) is 15.2. The molecule has 16 heavy (non-hydrogen) atoms. The minimum Gasteiger partial charge on any atom is -0.370 e. The summed E-state index contributed by atoms with van der Waals surface area (Å²) in [7, 11) is 0. The van der Waals surface area contributed by atoms with Gasteiger partial charge in [-0.15, -0.1) is 0 Å². The van der Waals surface area contributed by atoms with Crippen molar-refractivity contribution >= 4 is 5.91 Å². The number of nitrogens with two attached hydrogens (primary N) is 1. The van der Waals surface area contributed by atoms with Crippen molar-refractivity contribution in [3.05, 3.63) is 18.2 Å². The van der Waals surface area contributed by atoms with E-state index in [2.05, 4.69) is 14.9 Å². The molecule has 1 aliphatic rings. The number of nitrogens with one attached hydrogen (secondary N) is 1. The first-order valence-electron chi connectivity index (χ1n) is 5.77. The van der Waals surface area contributed by atoms with Gasteiger partial charge in [0.1, 0.15) is 0 Å². The molecule has 1 aromatic heterocycles. The van der Waals surface area contributed by atoms with Crippen LogP contribution in [0.25, 0.3) is 0 Å². The monoisotopic (exact) mass is 222 g/mol. The summed E-state index contributed by atoms with van der Waals surface area (Å²) in [5.74, 6) is -0.232. The lowest BCUT2D eigenvalue weighted by molar-refractivity contribution is -0.118. The van der Waals surface area contributed by atoms with E-state index in [1.807, 2.05) is 12.5 Å². The second-order valence-corrected chi connectivity index (χ2v) is 4.27. The highest BCUT2D eigenvalue weighted by molar-refractivity contribution is 5.73. The molecule has 5 heteroatoms. The number of rotatable bonds is 7. The van der Waals surface area contributed by atoms with Gasteiger partial charge in [0.05, 0.1) is 12.0 Å². The van der Waals surface area contributed by atoms with Gasteiger partial charge in [0, 0.05) is 25.2 Å². The molecule has 1 aliphatic carbocycles. The zero-order chi connectivity index (χ0) is 11.4. The fourth-order valence-electron chi connectivity index (χ4n) is 1.75. The van der Waals surface area contributed by atoms with Crippen LogP contribution >= 0.6 is 0 Å². The molecule has 3 N–H and O–H groups in total. The lowest BCUT2D eigenvalue weighted by Gasteiger charge is -2.07. The van der Waals surface area contributed by atoms with E-state index in [4.69, 9.17) is 5.73 Å². The van der Waals surface area contributed by atoms with Gasteiger partial charge in [-0.25, -0.2) is 4.98 Å². The molecule has 0 atom stereocenters. The topological polar surface area (TPSA) is 72.9 Å². The molecule has 0 bridgehead atoms. The zero-order valence-corrected chi connectivity index (χ0v) is 9.35. The van der Waals surface area contributed by atoms with E-state index in [0.29, 0.717) is 12.5 Å². The molecule has 1 fully saturated rings. The van der Waals surface area contributed by atoms with Crippen molar-refractivity contribution in [2.75, 3.05) is 6.54 Å². The maximum absolute atomic E-state index is 10.5. The number of imidazole rings is 1. The molecular formula is C11H18N4O. The Bertz CT molecular complexity index is 357. The standard InChI is InChI=1S/C11H18N4O/c12-11(16)2-1-5-13-6-10-7-14-8-15(10)9-3-4-9/h7-9,13H,1-6H2,(H2,12,16). The van der Waals surface area contributed by atoms with E-state index in [9.17, 15) is 4.79 Å². The van der Waals surface area contributed by atoms with Crippen molar-refractivity contribution < 1.29 is 4.79 Å². The quantitative estimate of drug-likeness (QED) is 0.662. The molecule has 2 rings (SSSR count). The van der Waals surface area contributed by atoms with Crippen LogP contribution in [0, 0.1) is 0 Å². The van der Waals surface area contributed by atoms with Gasteiger partial charge in [0.25, 0.3) is 0 Å². The SMILES string of the molecule is NC(=O)CCCNCc1cncn1C1CC1. The highest BCUT2D eigenvalue weighted by Gasteiger charge is 2.24. The lowest BCUT2D eigenvalue weighted by Crippen LogP contribution is -2.19. The van der Waals surface area contributed by atoms with E-state index in [0.717, 1.165) is 19.5 Å². The maximum atomic E-state index is 10.5. The maximum Gasteiger partial charge on any atom is 0.217 e. The van der Waals surface area contributed by atoms with E-state index in [-0.39, 0.29) is 5.91 Å². The van der Waals surface area contributed by atoms with Crippen LogP contribution in [0.3, 0.4) is 0 Å². The molecule has 1 saturated carbocycles. The summed E-state index contributed by atoms with van der Waals surface area (Å²) in [4.78, 5) is 14.7. The van der Waals surface area contributed by atoms with Gasteiger partial charge in [0.15, 0.2) is 0 Å². The van der Waals surface area contributed by atoms with E-state index in [1.54, 1.807) is 0 Å². The zero-order valence-electron chi connectivity index (χ0n) is 9.35. The number of amides is 1. The predicted molar refractivity (Wildman–Crippen MR) is 60.6 cm³/mol. The third kappa shape index (κ3) is 3.06. The third-order valence-electron chi connectivity index (χ3n) is 2.77. The van der Waals surface area contributed by atoms with Crippen LogP contribution in [-0.2, 0) is 11.3 Å². The van der Waals surface area contributed by atoms with Crippen molar-refractivity contribution in [1.29, 1.82) is 0 Å². The molecule has 0 saturated heterocycles. The number of carbonyl (C=O) groups is 1. The van der Waals surface area contributed by atoms with Crippen LogP contribution in [0.1, 0.15) is 37.4 Å². The highest BCUT2D eigenvalue weighted by atomic mass is 16.1.